The van der Waals surface area contributed by atoms with E-state index in [4.69, 9.17) is 5.73 Å². The zero-order valence-corrected chi connectivity index (χ0v) is 11.3. The van der Waals surface area contributed by atoms with Gasteiger partial charge in [0.1, 0.15) is 0 Å². The number of hydrogen-bond acceptors (Lipinski definition) is 2. The van der Waals surface area contributed by atoms with Crippen LogP contribution in [-0.2, 0) is 6.42 Å². The topological polar surface area (TPSA) is 54.7 Å². The van der Waals surface area contributed by atoms with Crippen molar-refractivity contribution in [3.63, 3.8) is 0 Å². The molecule has 3 heteroatoms. The van der Waals surface area contributed by atoms with E-state index in [1.807, 2.05) is 0 Å². The second kappa shape index (κ2) is 5.25. The van der Waals surface area contributed by atoms with E-state index in [0.29, 0.717) is 11.7 Å². The van der Waals surface area contributed by atoms with Crippen LogP contribution in [-0.4, -0.2) is 10.2 Å². The van der Waals surface area contributed by atoms with Gasteiger partial charge in [0.15, 0.2) is 5.82 Å². The largest absolute Gasteiger partial charge is 0.382 e. The first-order valence-electron chi connectivity index (χ1n) is 6.56. The van der Waals surface area contributed by atoms with Gasteiger partial charge in [0.05, 0.1) is 0 Å². The minimum absolute atomic E-state index is 0.552. The Labute approximate surface area is 108 Å². The van der Waals surface area contributed by atoms with Gasteiger partial charge in [-0.25, -0.2) is 0 Å². The lowest BCUT2D eigenvalue weighted by atomic mass is 9.98. The maximum absolute atomic E-state index is 5.96. The number of nitrogen functional groups attached to an aromatic ring is 1. The number of anilines is 1. The number of nitrogens with one attached hydrogen (secondary N) is 1. The number of benzene rings is 1. The predicted octanol–water partition coefficient (Wildman–Crippen LogP) is 3.73. The molecule has 0 amide bonds. The molecule has 0 spiro atoms. The molecule has 1 aromatic heterocycles. The first-order valence-corrected chi connectivity index (χ1v) is 6.56. The van der Waals surface area contributed by atoms with Crippen molar-refractivity contribution in [2.75, 3.05) is 5.73 Å². The van der Waals surface area contributed by atoms with Crippen LogP contribution in [0.2, 0.25) is 0 Å². The van der Waals surface area contributed by atoms with Crippen LogP contribution in [0.1, 0.15) is 44.4 Å². The number of rotatable bonds is 4. The van der Waals surface area contributed by atoms with Crippen molar-refractivity contribution in [3.8, 4) is 11.1 Å². The Morgan fingerprint density at radius 2 is 1.89 bits per heavy atom. The Morgan fingerprint density at radius 3 is 2.44 bits per heavy atom. The minimum atomic E-state index is 0.552. The van der Waals surface area contributed by atoms with E-state index in [2.05, 4.69) is 55.2 Å². The monoisotopic (exact) mass is 243 g/mol. The normalized spacial score (nSPS) is 11.1. The van der Waals surface area contributed by atoms with Crippen LogP contribution in [0.15, 0.2) is 24.3 Å². The van der Waals surface area contributed by atoms with Gasteiger partial charge in [-0.2, -0.15) is 5.10 Å². The lowest BCUT2D eigenvalue weighted by Crippen LogP contribution is -1.92. The Morgan fingerprint density at radius 1 is 1.22 bits per heavy atom. The molecule has 2 rings (SSSR count). The molecule has 2 aromatic rings. The zero-order valence-electron chi connectivity index (χ0n) is 11.3. The smallest absolute Gasteiger partial charge is 0.153 e. The Hall–Kier alpha value is -1.77. The van der Waals surface area contributed by atoms with E-state index in [9.17, 15) is 0 Å². The van der Waals surface area contributed by atoms with Crippen molar-refractivity contribution in [3.05, 3.63) is 35.5 Å². The Kier molecular flexibility index (Phi) is 3.70. The molecule has 0 fully saturated rings. The van der Waals surface area contributed by atoms with Crippen LogP contribution < -0.4 is 5.73 Å². The molecule has 0 saturated carbocycles. The summed E-state index contributed by atoms with van der Waals surface area (Å²) in [5, 5.41) is 7.16. The number of nitrogens with zero attached hydrogens (tertiary/aromatic N) is 1. The third-order valence-corrected chi connectivity index (χ3v) is 3.24. The number of aromatic amines is 1. The third-order valence-electron chi connectivity index (χ3n) is 3.24. The molecule has 0 saturated heterocycles. The van der Waals surface area contributed by atoms with E-state index in [0.717, 1.165) is 29.7 Å². The molecular formula is C15H21N3. The standard InChI is InChI=1S/C15H21N3/c1-4-5-13-14(15(16)18-17-13)12-8-6-11(7-9-12)10(2)3/h6-10H,4-5H2,1-3H3,(H3,16,17,18). The second-order valence-corrected chi connectivity index (χ2v) is 4.99. The average molecular weight is 243 g/mol. The molecule has 3 N–H and O–H groups in total. The number of aromatic nitrogens is 2. The van der Waals surface area contributed by atoms with Gasteiger partial charge < -0.3 is 5.73 Å². The molecular weight excluding hydrogens is 222 g/mol. The lowest BCUT2D eigenvalue weighted by Gasteiger charge is -2.08. The maximum Gasteiger partial charge on any atom is 0.153 e. The maximum atomic E-state index is 5.96. The lowest BCUT2D eigenvalue weighted by molar-refractivity contribution is 0.865. The molecule has 18 heavy (non-hydrogen) atoms. The van der Waals surface area contributed by atoms with Crippen LogP contribution in [0.4, 0.5) is 5.82 Å². The van der Waals surface area contributed by atoms with Gasteiger partial charge in [-0.05, 0) is 23.5 Å². The minimum Gasteiger partial charge on any atom is -0.382 e. The molecule has 0 aliphatic rings. The molecule has 1 aromatic carbocycles. The fourth-order valence-electron chi connectivity index (χ4n) is 2.18. The highest BCUT2D eigenvalue weighted by molar-refractivity contribution is 5.76. The van der Waals surface area contributed by atoms with Gasteiger partial charge >= 0.3 is 0 Å². The quantitative estimate of drug-likeness (QED) is 0.859. The van der Waals surface area contributed by atoms with Crippen molar-refractivity contribution in [1.29, 1.82) is 0 Å². The van der Waals surface area contributed by atoms with E-state index in [1.54, 1.807) is 0 Å². The number of H-pyrrole nitrogens is 1. The Bertz CT molecular complexity index is 509. The van der Waals surface area contributed by atoms with Crippen molar-refractivity contribution in [1.82, 2.24) is 10.2 Å². The molecule has 0 aliphatic heterocycles. The summed E-state index contributed by atoms with van der Waals surface area (Å²) in [6.07, 6.45) is 2.06. The predicted molar refractivity (Wildman–Crippen MR) is 76.5 cm³/mol. The highest BCUT2D eigenvalue weighted by Crippen LogP contribution is 2.29. The van der Waals surface area contributed by atoms with Gasteiger partial charge in [0.2, 0.25) is 0 Å². The van der Waals surface area contributed by atoms with Crippen molar-refractivity contribution in [2.45, 2.75) is 39.5 Å². The fraction of sp³-hybridized carbons (Fsp3) is 0.400. The average Bonchev–Trinajstić information content (AvgIpc) is 2.71. The highest BCUT2D eigenvalue weighted by atomic mass is 15.2. The third kappa shape index (κ3) is 2.40. The summed E-state index contributed by atoms with van der Waals surface area (Å²) >= 11 is 0. The van der Waals surface area contributed by atoms with Crippen molar-refractivity contribution >= 4 is 5.82 Å². The van der Waals surface area contributed by atoms with Gasteiger partial charge in [-0.1, -0.05) is 51.5 Å². The molecule has 0 aliphatic carbocycles. The van der Waals surface area contributed by atoms with E-state index >= 15 is 0 Å². The molecule has 3 nitrogen and oxygen atoms in total. The van der Waals surface area contributed by atoms with Crippen LogP contribution in [0.5, 0.6) is 0 Å². The summed E-state index contributed by atoms with van der Waals surface area (Å²) in [6.45, 7) is 6.55. The summed E-state index contributed by atoms with van der Waals surface area (Å²) in [7, 11) is 0. The molecule has 0 radical (unpaired) electrons. The highest BCUT2D eigenvalue weighted by Gasteiger charge is 2.12. The van der Waals surface area contributed by atoms with Gasteiger partial charge in [0.25, 0.3) is 0 Å². The molecule has 0 bridgehead atoms. The molecule has 0 atom stereocenters. The summed E-state index contributed by atoms with van der Waals surface area (Å²) in [5.74, 6) is 1.15. The van der Waals surface area contributed by atoms with Gasteiger partial charge in [-0.15, -0.1) is 0 Å². The van der Waals surface area contributed by atoms with Crippen molar-refractivity contribution in [2.24, 2.45) is 0 Å². The van der Waals surface area contributed by atoms with Crippen LogP contribution in [0.25, 0.3) is 11.1 Å². The summed E-state index contributed by atoms with van der Waals surface area (Å²) in [5.41, 5.74) is 10.6. The van der Waals surface area contributed by atoms with Crippen LogP contribution >= 0.6 is 0 Å². The number of hydrogen-bond donors (Lipinski definition) is 2. The van der Waals surface area contributed by atoms with E-state index in [1.165, 1.54) is 5.56 Å². The Balaban J connectivity index is 2.38. The summed E-state index contributed by atoms with van der Waals surface area (Å²) in [6, 6.07) is 8.61. The van der Waals surface area contributed by atoms with Crippen molar-refractivity contribution < 1.29 is 0 Å². The van der Waals surface area contributed by atoms with Gasteiger partial charge in [0, 0.05) is 11.3 Å². The summed E-state index contributed by atoms with van der Waals surface area (Å²) < 4.78 is 0. The first kappa shape index (κ1) is 12.7. The SMILES string of the molecule is CCCc1[nH]nc(N)c1-c1ccc(C(C)C)cc1. The van der Waals surface area contributed by atoms with Gasteiger partial charge in [-0.3, -0.25) is 5.10 Å². The molecule has 96 valence electrons. The summed E-state index contributed by atoms with van der Waals surface area (Å²) in [4.78, 5) is 0. The molecule has 0 unspecified atom stereocenters. The number of nitrogens with two attached hydrogens (primary N) is 1. The zero-order chi connectivity index (χ0) is 13.1. The van der Waals surface area contributed by atoms with Crippen LogP contribution in [0, 0.1) is 0 Å². The fourth-order valence-corrected chi connectivity index (χ4v) is 2.18. The van der Waals surface area contributed by atoms with E-state index < -0.39 is 0 Å². The number of aryl methyl sites for hydroxylation is 1. The van der Waals surface area contributed by atoms with Crippen LogP contribution in [0.3, 0.4) is 0 Å². The molecule has 1 heterocycles. The van der Waals surface area contributed by atoms with E-state index in [-0.39, 0.29) is 0 Å². The second-order valence-electron chi connectivity index (χ2n) is 4.99. The first-order chi connectivity index (χ1) is 8.63.